The van der Waals surface area contributed by atoms with E-state index in [0.29, 0.717) is 17.1 Å². The molecule has 0 N–H and O–H groups in total. The fraction of sp³-hybridized carbons (Fsp3) is 0.118. The van der Waals surface area contributed by atoms with Gasteiger partial charge in [0.25, 0.3) is 0 Å². The Balaban J connectivity index is 1.57. The van der Waals surface area contributed by atoms with Gasteiger partial charge in [-0.05, 0) is 41.5 Å². The van der Waals surface area contributed by atoms with Crippen molar-refractivity contribution >= 4 is 12.0 Å². The molecule has 22 heavy (non-hydrogen) atoms. The third-order valence-corrected chi connectivity index (χ3v) is 3.08. The molecular weight excluding hydrogens is 287 g/mol. The average molecular weight is 300 g/mol. The zero-order chi connectivity index (χ0) is 15.4. The summed E-state index contributed by atoms with van der Waals surface area (Å²) in [4.78, 5) is 11.6. The second-order valence-corrected chi connectivity index (χ2v) is 4.68. The van der Waals surface area contributed by atoms with Crippen LogP contribution in [-0.2, 0) is 16.1 Å². The van der Waals surface area contributed by atoms with E-state index in [9.17, 15) is 9.18 Å². The van der Waals surface area contributed by atoms with E-state index in [1.54, 1.807) is 30.3 Å². The predicted octanol–water partition coefficient (Wildman–Crippen LogP) is 3.31. The molecule has 0 radical (unpaired) electrons. The van der Waals surface area contributed by atoms with Gasteiger partial charge in [-0.15, -0.1) is 0 Å². The second-order valence-electron chi connectivity index (χ2n) is 4.68. The smallest absolute Gasteiger partial charge is 0.331 e. The largest absolute Gasteiger partial charge is 0.458 e. The van der Waals surface area contributed by atoms with Crippen LogP contribution in [0.4, 0.5) is 4.39 Å². The van der Waals surface area contributed by atoms with E-state index in [-0.39, 0.29) is 19.2 Å². The van der Waals surface area contributed by atoms with Gasteiger partial charge in [-0.2, -0.15) is 0 Å². The van der Waals surface area contributed by atoms with Crippen LogP contribution in [0.3, 0.4) is 0 Å². The van der Waals surface area contributed by atoms with Gasteiger partial charge in [-0.25, -0.2) is 9.18 Å². The zero-order valence-corrected chi connectivity index (χ0v) is 11.6. The minimum Gasteiger partial charge on any atom is -0.458 e. The molecule has 0 aromatic heterocycles. The molecule has 1 aliphatic heterocycles. The minimum atomic E-state index is -0.498. The van der Waals surface area contributed by atoms with Crippen molar-refractivity contribution in [2.45, 2.75) is 6.61 Å². The molecule has 1 aliphatic rings. The highest BCUT2D eigenvalue weighted by Gasteiger charge is 2.12. The highest BCUT2D eigenvalue weighted by Crippen LogP contribution is 2.32. The monoisotopic (exact) mass is 300 g/mol. The first-order valence-electron chi connectivity index (χ1n) is 6.70. The molecule has 2 aromatic carbocycles. The van der Waals surface area contributed by atoms with E-state index in [4.69, 9.17) is 14.2 Å². The van der Waals surface area contributed by atoms with Crippen LogP contribution in [-0.4, -0.2) is 12.8 Å². The van der Waals surface area contributed by atoms with Crippen molar-refractivity contribution in [3.05, 3.63) is 65.5 Å². The van der Waals surface area contributed by atoms with Crippen LogP contribution in [0.5, 0.6) is 11.5 Å². The molecule has 0 bridgehead atoms. The maximum Gasteiger partial charge on any atom is 0.331 e. The van der Waals surface area contributed by atoms with Crippen molar-refractivity contribution in [1.82, 2.24) is 0 Å². The topological polar surface area (TPSA) is 44.8 Å². The maximum absolute atomic E-state index is 13.0. The van der Waals surface area contributed by atoms with Crippen molar-refractivity contribution in [3.63, 3.8) is 0 Å². The molecule has 5 heteroatoms. The first-order chi connectivity index (χ1) is 10.7. The lowest BCUT2D eigenvalue weighted by molar-refractivity contribution is -0.138. The van der Waals surface area contributed by atoms with Gasteiger partial charge in [-0.1, -0.05) is 18.2 Å². The highest BCUT2D eigenvalue weighted by atomic mass is 19.1. The molecule has 0 fully saturated rings. The van der Waals surface area contributed by atoms with E-state index in [1.807, 2.05) is 6.07 Å². The molecule has 0 amide bonds. The Morgan fingerprint density at radius 2 is 2.05 bits per heavy atom. The van der Waals surface area contributed by atoms with Crippen LogP contribution in [0, 0.1) is 5.82 Å². The summed E-state index contributed by atoms with van der Waals surface area (Å²) in [7, 11) is 0. The Labute approximate surface area is 126 Å². The number of halogens is 1. The van der Waals surface area contributed by atoms with Gasteiger partial charge in [-0.3, -0.25) is 0 Å². The van der Waals surface area contributed by atoms with E-state index in [0.717, 1.165) is 5.56 Å². The lowest BCUT2D eigenvalue weighted by atomic mass is 10.2. The van der Waals surface area contributed by atoms with Crippen LogP contribution < -0.4 is 9.47 Å². The molecule has 0 saturated heterocycles. The normalized spacial score (nSPS) is 12.6. The molecule has 112 valence electrons. The van der Waals surface area contributed by atoms with Crippen LogP contribution in [0.1, 0.15) is 11.1 Å². The van der Waals surface area contributed by atoms with Gasteiger partial charge >= 0.3 is 5.97 Å². The zero-order valence-electron chi connectivity index (χ0n) is 11.6. The van der Waals surface area contributed by atoms with Crippen LogP contribution in [0.25, 0.3) is 6.08 Å². The maximum atomic E-state index is 13.0. The lowest BCUT2D eigenvalue weighted by Crippen LogP contribution is -2.00. The van der Waals surface area contributed by atoms with E-state index >= 15 is 0 Å². The Morgan fingerprint density at radius 1 is 1.18 bits per heavy atom. The van der Waals surface area contributed by atoms with Gasteiger partial charge in [0.15, 0.2) is 11.5 Å². The highest BCUT2D eigenvalue weighted by molar-refractivity contribution is 5.87. The molecule has 3 rings (SSSR count). The van der Waals surface area contributed by atoms with Gasteiger partial charge in [0, 0.05) is 6.08 Å². The SMILES string of the molecule is O=C(/C=C/c1ccc2c(c1)OCO2)OCc1cccc(F)c1. The summed E-state index contributed by atoms with van der Waals surface area (Å²) < 4.78 is 28.5. The average Bonchev–Trinajstić information content (AvgIpc) is 2.98. The fourth-order valence-corrected chi connectivity index (χ4v) is 2.01. The van der Waals surface area contributed by atoms with Crippen LogP contribution >= 0.6 is 0 Å². The summed E-state index contributed by atoms with van der Waals surface area (Å²) >= 11 is 0. The first-order valence-corrected chi connectivity index (χ1v) is 6.70. The number of fused-ring (bicyclic) bond motifs is 1. The van der Waals surface area contributed by atoms with Gasteiger partial charge in [0.2, 0.25) is 6.79 Å². The van der Waals surface area contributed by atoms with Crippen molar-refractivity contribution in [2.24, 2.45) is 0 Å². The number of ether oxygens (including phenoxy) is 3. The standard InChI is InChI=1S/C17H13FO4/c18-14-3-1-2-13(8-14)10-20-17(19)7-5-12-4-6-15-16(9-12)22-11-21-15/h1-9H,10-11H2/b7-5+. The Kier molecular flexibility index (Phi) is 4.05. The summed E-state index contributed by atoms with van der Waals surface area (Å²) in [5, 5.41) is 0. The lowest BCUT2D eigenvalue weighted by Gasteiger charge is -2.02. The van der Waals surface area contributed by atoms with Gasteiger partial charge in [0.05, 0.1) is 0 Å². The Hall–Kier alpha value is -2.82. The number of benzene rings is 2. The molecule has 2 aromatic rings. The third-order valence-electron chi connectivity index (χ3n) is 3.08. The molecule has 4 nitrogen and oxygen atoms in total. The number of rotatable bonds is 4. The van der Waals surface area contributed by atoms with Crippen molar-refractivity contribution in [3.8, 4) is 11.5 Å². The first kappa shape index (κ1) is 14.1. The molecular formula is C17H13FO4. The Bertz CT molecular complexity index is 724. The minimum absolute atomic E-state index is 0.0298. The quantitative estimate of drug-likeness (QED) is 0.642. The molecule has 0 unspecified atom stereocenters. The van der Waals surface area contributed by atoms with Gasteiger partial charge in [0.1, 0.15) is 12.4 Å². The summed E-state index contributed by atoms with van der Waals surface area (Å²) in [6, 6.07) is 11.3. The third kappa shape index (κ3) is 3.44. The molecule has 0 atom stereocenters. The van der Waals surface area contributed by atoms with Crippen LogP contribution in [0.2, 0.25) is 0 Å². The fourth-order valence-electron chi connectivity index (χ4n) is 2.01. The summed E-state index contributed by atoms with van der Waals surface area (Å²) in [5.74, 6) is 0.479. The molecule has 0 spiro atoms. The number of hydrogen-bond acceptors (Lipinski definition) is 4. The van der Waals surface area contributed by atoms with Crippen molar-refractivity contribution in [2.75, 3.05) is 6.79 Å². The number of carbonyl (C=O) groups excluding carboxylic acids is 1. The predicted molar refractivity (Wildman–Crippen MR) is 77.8 cm³/mol. The molecule has 0 aliphatic carbocycles. The number of carbonyl (C=O) groups is 1. The van der Waals surface area contributed by atoms with Gasteiger partial charge < -0.3 is 14.2 Å². The molecule has 0 saturated carbocycles. The molecule has 1 heterocycles. The summed E-state index contributed by atoms with van der Waals surface area (Å²) in [6.07, 6.45) is 2.94. The number of esters is 1. The van der Waals surface area contributed by atoms with E-state index < -0.39 is 5.97 Å². The summed E-state index contributed by atoms with van der Waals surface area (Å²) in [5.41, 5.74) is 1.40. The number of hydrogen-bond donors (Lipinski definition) is 0. The second kappa shape index (κ2) is 6.30. The van der Waals surface area contributed by atoms with E-state index in [2.05, 4.69) is 0 Å². The Morgan fingerprint density at radius 3 is 2.91 bits per heavy atom. The van der Waals surface area contributed by atoms with Crippen molar-refractivity contribution in [1.29, 1.82) is 0 Å². The van der Waals surface area contributed by atoms with E-state index in [1.165, 1.54) is 18.2 Å². The van der Waals surface area contributed by atoms with Crippen molar-refractivity contribution < 1.29 is 23.4 Å². The van der Waals surface area contributed by atoms with Crippen LogP contribution in [0.15, 0.2) is 48.5 Å². The summed E-state index contributed by atoms with van der Waals surface area (Å²) in [6.45, 7) is 0.236.